The van der Waals surface area contributed by atoms with Crippen molar-refractivity contribution in [1.82, 2.24) is 5.01 Å². The molecule has 0 radical (unpaired) electrons. The number of hydrazone groups is 1. The first kappa shape index (κ1) is 20.7. The van der Waals surface area contributed by atoms with Crippen LogP contribution < -0.4 is 9.46 Å². The fraction of sp³-hybridized carbons (Fsp3) is 0.182. The lowest BCUT2D eigenvalue weighted by molar-refractivity contribution is 0.0678. The van der Waals surface area contributed by atoms with Gasteiger partial charge in [-0.1, -0.05) is 24.3 Å². The Bertz CT molecular complexity index is 1220. The summed E-state index contributed by atoms with van der Waals surface area (Å²) in [6, 6.07) is 17.3. The third-order valence-electron chi connectivity index (χ3n) is 4.85. The molecule has 1 amide bonds. The van der Waals surface area contributed by atoms with Crippen molar-refractivity contribution in [3.05, 3.63) is 83.8 Å². The van der Waals surface area contributed by atoms with E-state index in [0.717, 1.165) is 17.4 Å². The quantitative estimate of drug-likeness (QED) is 0.632. The van der Waals surface area contributed by atoms with Gasteiger partial charge in [-0.15, -0.1) is 0 Å². The molecule has 3 aromatic rings. The zero-order valence-corrected chi connectivity index (χ0v) is 17.8. The van der Waals surface area contributed by atoms with Crippen LogP contribution in [0.3, 0.4) is 0 Å². The SMILES string of the molecule is COc1cccc(C2CC(c3ccc(NS(C)(=O)=O)cc3)=NN2C(=O)c2ccco2)c1. The zero-order valence-electron chi connectivity index (χ0n) is 17.0. The van der Waals surface area contributed by atoms with Gasteiger partial charge < -0.3 is 9.15 Å². The van der Waals surface area contributed by atoms with E-state index < -0.39 is 10.0 Å². The molecule has 2 aromatic carbocycles. The van der Waals surface area contributed by atoms with Crippen LogP contribution in [0, 0.1) is 0 Å². The van der Waals surface area contributed by atoms with Crippen LogP contribution in [0.1, 0.15) is 34.1 Å². The fourth-order valence-electron chi connectivity index (χ4n) is 3.44. The number of nitrogens with zero attached hydrogens (tertiary/aromatic N) is 2. The highest BCUT2D eigenvalue weighted by atomic mass is 32.2. The van der Waals surface area contributed by atoms with E-state index in [9.17, 15) is 13.2 Å². The molecule has 0 saturated carbocycles. The van der Waals surface area contributed by atoms with Gasteiger partial charge in [-0.2, -0.15) is 5.10 Å². The van der Waals surface area contributed by atoms with Gasteiger partial charge in [0.1, 0.15) is 5.75 Å². The van der Waals surface area contributed by atoms with Crippen LogP contribution in [0.2, 0.25) is 0 Å². The molecule has 1 atom stereocenters. The molecule has 31 heavy (non-hydrogen) atoms. The van der Waals surface area contributed by atoms with Crippen molar-refractivity contribution in [3.8, 4) is 5.75 Å². The van der Waals surface area contributed by atoms with Crippen molar-refractivity contribution in [2.45, 2.75) is 12.5 Å². The number of nitrogens with one attached hydrogen (secondary N) is 1. The Balaban J connectivity index is 1.67. The predicted octanol–water partition coefficient (Wildman–Crippen LogP) is 3.65. The number of carbonyl (C=O) groups excluding carboxylic acids is 1. The lowest BCUT2D eigenvalue weighted by atomic mass is 9.98. The fourth-order valence-corrected chi connectivity index (χ4v) is 4.00. The van der Waals surface area contributed by atoms with Crippen molar-refractivity contribution in [3.63, 3.8) is 0 Å². The summed E-state index contributed by atoms with van der Waals surface area (Å²) < 4.78 is 35.9. The van der Waals surface area contributed by atoms with Crippen molar-refractivity contribution in [2.24, 2.45) is 5.10 Å². The summed E-state index contributed by atoms with van der Waals surface area (Å²) in [4.78, 5) is 13.1. The third-order valence-corrected chi connectivity index (χ3v) is 5.46. The Hall–Kier alpha value is -3.59. The van der Waals surface area contributed by atoms with Gasteiger partial charge in [-0.25, -0.2) is 13.4 Å². The van der Waals surface area contributed by atoms with Crippen LogP contribution in [0.15, 0.2) is 76.4 Å². The molecular weight excluding hydrogens is 418 g/mol. The molecule has 1 unspecified atom stereocenters. The average molecular weight is 439 g/mol. The summed E-state index contributed by atoms with van der Waals surface area (Å²) >= 11 is 0. The first-order chi connectivity index (χ1) is 14.8. The van der Waals surface area contributed by atoms with E-state index in [1.807, 2.05) is 24.3 Å². The number of sulfonamides is 1. The maximum Gasteiger partial charge on any atom is 0.310 e. The number of hydrogen-bond donors (Lipinski definition) is 1. The molecule has 1 aliphatic rings. The van der Waals surface area contributed by atoms with Crippen LogP contribution >= 0.6 is 0 Å². The second-order valence-corrected chi connectivity index (χ2v) is 8.87. The lowest BCUT2D eigenvalue weighted by Gasteiger charge is -2.21. The van der Waals surface area contributed by atoms with Crippen LogP contribution in [0.25, 0.3) is 0 Å². The van der Waals surface area contributed by atoms with Gasteiger partial charge in [-0.3, -0.25) is 9.52 Å². The number of rotatable bonds is 6. The maximum absolute atomic E-state index is 13.1. The van der Waals surface area contributed by atoms with Gasteiger partial charge in [-0.05, 0) is 47.5 Å². The van der Waals surface area contributed by atoms with Gasteiger partial charge in [0, 0.05) is 12.1 Å². The van der Waals surface area contributed by atoms with Gasteiger partial charge in [0.15, 0.2) is 5.76 Å². The topological polar surface area (TPSA) is 101 Å². The molecule has 0 saturated heterocycles. The van der Waals surface area contributed by atoms with Crippen LogP contribution in [0.4, 0.5) is 5.69 Å². The van der Waals surface area contributed by atoms with E-state index in [4.69, 9.17) is 9.15 Å². The Morgan fingerprint density at radius 1 is 1.16 bits per heavy atom. The summed E-state index contributed by atoms with van der Waals surface area (Å²) in [5.74, 6) is 0.543. The van der Waals surface area contributed by atoms with E-state index >= 15 is 0 Å². The molecule has 0 fully saturated rings. The molecule has 9 heteroatoms. The van der Waals surface area contributed by atoms with Gasteiger partial charge in [0.05, 0.1) is 31.4 Å². The number of amides is 1. The minimum absolute atomic E-state index is 0.200. The highest BCUT2D eigenvalue weighted by Crippen LogP contribution is 2.35. The van der Waals surface area contributed by atoms with E-state index in [0.29, 0.717) is 23.6 Å². The minimum atomic E-state index is -3.36. The standard InChI is InChI=1S/C22H21N3O5S/c1-29-18-6-3-5-16(13-18)20-14-19(23-25(20)22(26)21-7-4-12-30-21)15-8-10-17(11-9-15)24-31(2,27)28/h3-13,20,24H,14H2,1-2H3. The van der Waals surface area contributed by atoms with Crippen molar-refractivity contribution in [1.29, 1.82) is 0 Å². The molecule has 0 bridgehead atoms. The molecular formula is C22H21N3O5S. The molecule has 0 spiro atoms. The van der Waals surface area contributed by atoms with Gasteiger partial charge >= 0.3 is 5.91 Å². The molecule has 1 aliphatic heterocycles. The Morgan fingerprint density at radius 2 is 1.94 bits per heavy atom. The van der Waals surface area contributed by atoms with Gasteiger partial charge in [0.25, 0.3) is 0 Å². The number of furan rings is 1. The van der Waals surface area contributed by atoms with Crippen LogP contribution in [0.5, 0.6) is 5.75 Å². The van der Waals surface area contributed by atoms with E-state index in [2.05, 4.69) is 9.82 Å². The van der Waals surface area contributed by atoms with Gasteiger partial charge in [0.2, 0.25) is 10.0 Å². The normalized spacial score (nSPS) is 16.1. The molecule has 2 heterocycles. The molecule has 1 aromatic heterocycles. The summed E-state index contributed by atoms with van der Waals surface area (Å²) in [6.07, 6.45) is 3.03. The Labute approximate surface area is 180 Å². The minimum Gasteiger partial charge on any atom is -0.497 e. The monoisotopic (exact) mass is 439 g/mol. The lowest BCUT2D eigenvalue weighted by Crippen LogP contribution is -2.26. The number of anilines is 1. The summed E-state index contributed by atoms with van der Waals surface area (Å²) in [5.41, 5.74) is 2.84. The predicted molar refractivity (Wildman–Crippen MR) is 117 cm³/mol. The number of benzene rings is 2. The average Bonchev–Trinajstić information content (AvgIpc) is 3.43. The highest BCUT2D eigenvalue weighted by molar-refractivity contribution is 7.92. The van der Waals surface area contributed by atoms with E-state index in [1.165, 1.54) is 11.3 Å². The summed E-state index contributed by atoms with van der Waals surface area (Å²) in [6.45, 7) is 0. The van der Waals surface area contributed by atoms with Crippen molar-refractivity contribution in [2.75, 3.05) is 18.1 Å². The Morgan fingerprint density at radius 3 is 2.58 bits per heavy atom. The van der Waals surface area contributed by atoms with Crippen molar-refractivity contribution >= 4 is 27.3 Å². The molecule has 160 valence electrons. The second kappa shape index (κ2) is 8.27. The van der Waals surface area contributed by atoms with Crippen LogP contribution in [-0.4, -0.2) is 38.4 Å². The second-order valence-electron chi connectivity index (χ2n) is 7.12. The smallest absolute Gasteiger partial charge is 0.310 e. The van der Waals surface area contributed by atoms with Crippen molar-refractivity contribution < 1.29 is 22.4 Å². The maximum atomic E-state index is 13.1. The molecule has 0 aliphatic carbocycles. The molecule has 8 nitrogen and oxygen atoms in total. The zero-order chi connectivity index (χ0) is 22.0. The first-order valence-electron chi connectivity index (χ1n) is 9.51. The van der Waals surface area contributed by atoms with Crippen LogP contribution in [-0.2, 0) is 10.0 Å². The van der Waals surface area contributed by atoms with E-state index in [-0.39, 0.29) is 17.7 Å². The number of methoxy groups -OCH3 is 1. The number of ether oxygens (including phenoxy) is 1. The summed E-state index contributed by atoms with van der Waals surface area (Å²) in [7, 11) is -1.77. The highest BCUT2D eigenvalue weighted by Gasteiger charge is 2.35. The molecule has 1 N–H and O–H groups in total. The third kappa shape index (κ3) is 4.61. The number of hydrogen-bond acceptors (Lipinski definition) is 6. The van der Waals surface area contributed by atoms with E-state index in [1.54, 1.807) is 43.5 Å². The Kier molecular flexibility index (Phi) is 5.51. The first-order valence-corrected chi connectivity index (χ1v) is 11.4. The molecule has 4 rings (SSSR count). The number of carbonyl (C=O) groups is 1. The largest absolute Gasteiger partial charge is 0.497 e. The summed E-state index contributed by atoms with van der Waals surface area (Å²) in [5, 5.41) is 6.01.